The number of allylic oxidation sites excluding steroid dienone is 10. The molecule has 0 aromatic heterocycles. The second kappa shape index (κ2) is 65.6. The number of hydrogen-bond acceptors (Lipinski definition) is 6. The summed E-state index contributed by atoms with van der Waals surface area (Å²) in [5, 5.41) is 0. The largest absolute Gasteiger partial charge is 0.462 e. The Bertz CT molecular complexity index is 1380. The fourth-order valence-electron chi connectivity index (χ4n) is 9.84. The monoisotopic (exact) mass is 1080 g/mol. The summed E-state index contributed by atoms with van der Waals surface area (Å²) < 4.78 is 16.9. The quantitative estimate of drug-likeness (QED) is 0.0261. The average Bonchev–Trinajstić information content (AvgIpc) is 3.43. The molecule has 77 heavy (non-hydrogen) atoms. The zero-order valence-electron chi connectivity index (χ0n) is 51.5. The lowest BCUT2D eigenvalue weighted by molar-refractivity contribution is -0.167. The van der Waals surface area contributed by atoms with E-state index in [1.807, 2.05) is 0 Å². The maximum atomic E-state index is 12.9. The summed E-state index contributed by atoms with van der Waals surface area (Å²) in [5.74, 6) is -0.885. The highest BCUT2D eigenvalue weighted by Gasteiger charge is 2.19. The molecule has 1 unspecified atom stereocenters. The van der Waals surface area contributed by atoms with Gasteiger partial charge in [0, 0.05) is 19.3 Å². The number of hydrogen-bond donors (Lipinski definition) is 0. The van der Waals surface area contributed by atoms with E-state index in [1.165, 1.54) is 225 Å². The van der Waals surface area contributed by atoms with Gasteiger partial charge >= 0.3 is 17.9 Å². The minimum Gasteiger partial charge on any atom is -0.462 e. The first kappa shape index (κ1) is 74.1. The third-order valence-corrected chi connectivity index (χ3v) is 15.0. The molecule has 448 valence electrons. The average molecular weight is 1080 g/mol. The van der Waals surface area contributed by atoms with E-state index in [0.717, 1.165) is 89.9 Å². The third-order valence-electron chi connectivity index (χ3n) is 15.0. The van der Waals surface area contributed by atoms with Crippen LogP contribution < -0.4 is 0 Å². The Morgan fingerprint density at radius 2 is 0.481 bits per heavy atom. The predicted molar refractivity (Wildman–Crippen MR) is 335 cm³/mol. The van der Waals surface area contributed by atoms with Crippen LogP contribution in [-0.2, 0) is 28.6 Å². The molecule has 0 aliphatic rings. The van der Waals surface area contributed by atoms with Gasteiger partial charge in [0.2, 0.25) is 0 Å². The lowest BCUT2D eigenvalue weighted by Gasteiger charge is -2.18. The van der Waals surface area contributed by atoms with Crippen molar-refractivity contribution < 1.29 is 28.6 Å². The van der Waals surface area contributed by atoms with Gasteiger partial charge in [-0.2, -0.15) is 0 Å². The Morgan fingerprint density at radius 3 is 0.805 bits per heavy atom. The van der Waals surface area contributed by atoms with Gasteiger partial charge in [0.15, 0.2) is 6.10 Å². The van der Waals surface area contributed by atoms with Gasteiger partial charge in [0.25, 0.3) is 0 Å². The summed E-state index contributed by atoms with van der Waals surface area (Å²) in [4.78, 5) is 38.3. The Kier molecular flexibility index (Phi) is 63.2. The maximum absolute atomic E-state index is 12.9. The molecule has 6 heteroatoms. The summed E-state index contributed by atoms with van der Waals surface area (Å²) in [7, 11) is 0. The first-order valence-electron chi connectivity index (χ1n) is 33.8. The van der Waals surface area contributed by atoms with Crippen molar-refractivity contribution in [2.75, 3.05) is 13.2 Å². The molecular weight excluding hydrogens is 949 g/mol. The Labute approximate surface area is 479 Å². The van der Waals surface area contributed by atoms with Crippen molar-refractivity contribution in [3.63, 3.8) is 0 Å². The highest BCUT2D eigenvalue weighted by molar-refractivity contribution is 5.71. The van der Waals surface area contributed by atoms with Crippen molar-refractivity contribution in [1.82, 2.24) is 0 Å². The summed E-state index contributed by atoms with van der Waals surface area (Å²) in [6, 6.07) is 0. The van der Waals surface area contributed by atoms with E-state index in [0.29, 0.717) is 19.3 Å². The fourth-order valence-corrected chi connectivity index (χ4v) is 9.84. The fraction of sp³-hybridized carbons (Fsp3) is 0.817. The first-order chi connectivity index (χ1) is 38.0. The van der Waals surface area contributed by atoms with Crippen molar-refractivity contribution in [3.8, 4) is 0 Å². The molecular formula is C71H128O6. The van der Waals surface area contributed by atoms with Gasteiger partial charge in [-0.05, 0) is 103 Å². The SMILES string of the molecule is CCCC/C=C\CCCCCCCC(=O)OCC(COC(=O)CCCCCCCCCCCCCCCCCCC/C=C\CCCCCCCCCC)OC(=O)CCCCCCCC/C=C\C/C=C\C/C=C\CCCCC. The summed E-state index contributed by atoms with van der Waals surface area (Å²) >= 11 is 0. The maximum Gasteiger partial charge on any atom is 0.306 e. The van der Waals surface area contributed by atoms with Gasteiger partial charge in [0.1, 0.15) is 13.2 Å². The van der Waals surface area contributed by atoms with Crippen LogP contribution in [0.4, 0.5) is 0 Å². The molecule has 0 saturated heterocycles. The van der Waals surface area contributed by atoms with Gasteiger partial charge in [-0.15, -0.1) is 0 Å². The highest BCUT2D eigenvalue weighted by atomic mass is 16.6. The molecule has 0 fully saturated rings. The van der Waals surface area contributed by atoms with Crippen LogP contribution in [-0.4, -0.2) is 37.2 Å². The molecule has 0 saturated carbocycles. The van der Waals surface area contributed by atoms with Crippen molar-refractivity contribution in [2.24, 2.45) is 0 Å². The lowest BCUT2D eigenvalue weighted by atomic mass is 10.0. The van der Waals surface area contributed by atoms with Crippen LogP contribution in [0.25, 0.3) is 0 Å². The predicted octanol–water partition coefficient (Wildman–Crippen LogP) is 23.1. The van der Waals surface area contributed by atoms with E-state index in [-0.39, 0.29) is 31.1 Å². The second-order valence-electron chi connectivity index (χ2n) is 22.7. The first-order valence-corrected chi connectivity index (χ1v) is 33.8. The van der Waals surface area contributed by atoms with E-state index < -0.39 is 6.10 Å². The van der Waals surface area contributed by atoms with Crippen LogP contribution in [0, 0.1) is 0 Å². The number of carbonyl (C=O) groups is 3. The van der Waals surface area contributed by atoms with Crippen LogP contribution in [0.1, 0.15) is 355 Å². The molecule has 6 nitrogen and oxygen atoms in total. The molecule has 0 rings (SSSR count). The highest BCUT2D eigenvalue weighted by Crippen LogP contribution is 2.17. The molecule has 0 bridgehead atoms. The van der Waals surface area contributed by atoms with Crippen LogP contribution in [0.5, 0.6) is 0 Å². The van der Waals surface area contributed by atoms with E-state index in [4.69, 9.17) is 14.2 Å². The molecule has 0 N–H and O–H groups in total. The standard InChI is InChI=1S/C71H128O6/c1-4-7-10-13-16-19-22-24-26-28-30-31-32-33-34-35-36-37-38-39-41-42-44-46-49-52-55-58-61-64-70(73)76-67-68(66-75-69(72)63-60-57-54-51-48-21-18-15-12-9-6-3)77-71(74)65-62-59-56-53-50-47-45-43-40-29-27-25-23-20-17-14-11-8-5-2/h15,17-18,20,25,27-28,30,40,43,68H,4-14,16,19,21-24,26,29,31-39,41-42,44-67H2,1-3H3/b18-15-,20-17-,27-25-,30-28-,43-40-. The van der Waals surface area contributed by atoms with Gasteiger partial charge in [-0.25, -0.2) is 0 Å². The van der Waals surface area contributed by atoms with Crippen molar-refractivity contribution in [3.05, 3.63) is 60.8 Å². The van der Waals surface area contributed by atoms with Gasteiger partial charge < -0.3 is 14.2 Å². The summed E-state index contributed by atoms with van der Waals surface area (Å²) in [5.41, 5.74) is 0. The summed E-state index contributed by atoms with van der Waals surface area (Å²) in [6.07, 6.45) is 83.9. The van der Waals surface area contributed by atoms with Gasteiger partial charge in [-0.3, -0.25) is 14.4 Å². The lowest BCUT2D eigenvalue weighted by Crippen LogP contribution is -2.30. The van der Waals surface area contributed by atoms with Crippen LogP contribution in [0.15, 0.2) is 60.8 Å². The Hall–Kier alpha value is -2.89. The van der Waals surface area contributed by atoms with Crippen molar-refractivity contribution in [2.45, 2.75) is 361 Å². The van der Waals surface area contributed by atoms with Crippen LogP contribution in [0.3, 0.4) is 0 Å². The number of rotatable bonds is 62. The topological polar surface area (TPSA) is 78.9 Å². The van der Waals surface area contributed by atoms with Gasteiger partial charge in [0.05, 0.1) is 0 Å². The molecule has 0 aliphatic heterocycles. The number of carbonyl (C=O) groups excluding carboxylic acids is 3. The molecule has 0 heterocycles. The zero-order chi connectivity index (χ0) is 55.7. The Morgan fingerprint density at radius 1 is 0.260 bits per heavy atom. The molecule has 0 spiro atoms. The second-order valence-corrected chi connectivity index (χ2v) is 22.7. The normalized spacial score (nSPS) is 12.4. The number of esters is 3. The minimum atomic E-state index is -0.784. The minimum absolute atomic E-state index is 0.0796. The van der Waals surface area contributed by atoms with Crippen LogP contribution in [0.2, 0.25) is 0 Å². The molecule has 0 radical (unpaired) electrons. The molecule has 0 aromatic carbocycles. The summed E-state index contributed by atoms with van der Waals surface area (Å²) in [6.45, 7) is 6.60. The van der Waals surface area contributed by atoms with Crippen LogP contribution >= 0.6 is 0 Å². The number of ether oxygens (including phenoxy) is 3. The molecule has 0 aliphatic carbocycles. The Balaban J connectivity index is 4.18. The molecule has 0 aromatic rings. The van der Waals surface area contributed by atoms with E-state index >= 15 is 0 Å². The van der Waals surface area contributed by atoms with E-state index in [9.17, 15) is 14.4 Å². The van der Waals surface area contributed by atoms with Gasteiger partial charge in [-0.1, -0.05) is 293 Å². The third kappa shape index (κ3) is 63.8. The van der Waals surface area contributed by atoms with Crippen molar-refractivity contribution >= 4 is 17.9 Å². The molecule has 1 atom stereocenters. The van der Waals surface area contributed by atoms with E-state index in [2.05, 4.69) is 81.5 Å². The zero-order valence-corrected chi connectivity index (χ0v) is 51.5. The molecule has 0 amide bonds. The smallest absolute Gasteiger partial charge is 0.306 e. The van der Waals surface area contributed by atoms with Crippen molar-refractivity contribution in [1.29, 1.82) is 0 Å². The number of unbranched alkanes of at least 4 members (excludes halogenated alkanes) is 41. The van der Waals surface area contributed by atoms with E-state index in [1.54, 1.807) is 0 Å².